The van der Waals surface area contributed by atoms with E-state index < -0.39 is 16.1 Å². The van der Waals surface area contributed by atoms with E-state index in [9.17, 15) is 18.3 Å². The molecule has 0 aliphatic carbocycles. The molecule has 7 heteroatoms. The Balaban J connectivity index is 1.25. The summed E-state index contributed by atoms with van der Waals surface area (Å²) >= 11 is 0. The van der Waals surface area contributed by atoms with E-state index in [2.05, 4.69) is 0 Å². The van der Waals surface area contributed by atoms with Gasteiger partial charge in [0.05, 0.1) is 11.0 Å². The van der Waals surface area contributed by atoms with Crippen molar-refractivity contribution in [1.82, 2.24) is 9.21 Å². The molecule has 2 heterocycles. The van der Waals surface area contributed by atoms with Crippen molar-refractivity contribution in [3.8, 4) is 0 Å². The average Bonchev–Trinajstić information content (AvgIpc) is 2.88. The number of aryl methyl sites for hydroxylation is 1. The lowest BCUT2D eigenvalue weighted by Gasteiger charge is -2.34. The second-order valence-corrected chi connectivity index (χ2v) is 11.1. The Morgan fingerprint density at radius 2 is 1.55 bits per heavy atom. The molecule has 0 radical (unpaired) electrons. The molecule has 1 amide bonds. The lowest BCUT2D eigenvalue weighted by molar-refractivity contribution is -0.133. The van der Waals surface area contributed by atoms with Crippen molar-refractivity contribution in [2.75, 3.05) is 26.2 Å². The minimum absolute atomic E-state index is 0.118. The summed E-state index contributed by atoms with van der Waals surface area (Å²) in [7, 11) is -3.42. The molecule has 0 bridgehead atoms. The van der Waals surface area contributed by atoms with Crippen molar-refractivity contribution in [3.63, 3.8) is 0 Å². The van der Waals surface area contributed by atoms with Crippen LogP contribution >= 0.6 is 0 Å². The number of likely N-dealkylation sites (tertiary alicyclic amines) is 1. The van der Waals surface area contributed by atoms with Crippen LogP contribution in [0.25, 0.3) is 0 Å². The Labute approximate surface area is 197 Å². The minimum Gasteiger partial charge on any atom is -0.388 e. The van der Waals surface area contributed by atoms with Crippen molar-refractivity contribution >= 4 is 15.9 Å². The first-order valence-electron chi connectivity index (χ1n) is 12.0. The van der Waals surface area contributed by atoms with Crippen molar-refractivity contribution in [1.29, 1.82) is 0 Å². The number of nitrogens with zero attached hydrogens (tertiary/aromatic N) is 2. The van der Waals surface area contributed by atoms with Crippen LogP contribution in [0.3, 0.4) is 0 Å². The molecule has 2 fully saturated rings. The molecular weight excluding hydrogens is 436 g/mol. The van der Waals surface area contributed by atoms with Crippen molar-refractivity contribution in [2.45, 2.75) is 55.9 Å². The van der Waals surface area contributed by atoms with E-state index in [4.69, 9.17) is 0 Å². The Morgan fingerprint density at radius 1 is 0.909 bits per heavy atom. The highest BCUT2D eigenvalue weighted by atomic mass is 32.2. The first kappa shape index (κ1) is 23.9. The molecule has 0 aromatic heterocycles. The number of aliphatic hydroxyl groups is 1. The molecule has 33 heavy (non-hydrogen) atoms. The van der Waals surface area contributed by atoms with E-state index in [0.29, 0.717) is 43.9 Å². The van der Waals surface area contributed by atoms with Gasteiger partial charge >= 0.3 is 0 Å². The van der Waals surface area contributed by atoms with Crippen LogP contribution in [-0.4, -0.2) is 54.8 Å². The van der Waals surface area contributed by atoms with Gasteiger partial charge in [-0.15, -0.1) is 0 Å². The summed E-state index contributed by atoms with van der Waals surface area (Å²) in [5.41, 5.74) is 1.91. The lowest BCUT2D eigenvalue weighted by Crippen LogP contribution is -2.39. The predicted octanol–water partition coefficient (Wildman–Crippen LogP) is 3.77. The third-order valence-electron chi connectivity index (χ3n) is 6.98. The molecule has 1 N–H and O–H groups in total. The summed E-state index contributed by atoms with van der Waals surface area (Å²) < 4.78 is 27.1. The van der Waals surface area contributed by atoms with E-state index >= 15 is 0 Å². The van der Waals surface area contributed by atoms with Crippen molar-refractivity contribution in [2.24, 2.45) is 5.92 Å². The molecule has 2 aromatic carbocycles. The Bertz CT molecular complexity index is 1010. The van der Waals surface area contributed by atoms with Crippen LogP contribution in [0.4, 0.5) is 0 Å². The van der Waals surface area contributed by atoms with E-state index in [1.165, 1.54) is 0 Å². The normalized spacial score (nSPS) is 19.4. The molecule has 2 aromatic rings. The number of carbonyl (C=O) groups excluding carboxylic acids is 1. The van der Waals surface area contributed by atoms with Crippen LogP contribution in [0.1, 0.15) is 55.8 Å². The van der Waals surface area contributed by atoms with Crippen molar-refractivity contribution in [3.05, 3.63) is 65.7 Å². The Hall–Kier alpha value is -2.22. The quantitative estimate of drug-likeness (QED) is 0.668. The zero-order chi connectivity index (χ0) is 23.3. The minimum atomic E-state index is -3.42. The highest BCUT2D eigenvalue weighted by Gasteiger charge is 2.28. The number of aliphatic hydroxyl groups excluding tert-OH is 1. The fourth-order valence-corrected chi connectivity index (χ4v) is 6.40. The summed E-state index contributed by atoms with van der Waals surface area (Å²) in [6.45, 7) is 2.52. The summed E-state index contributed by atoms with van der Waals surface area (Å²) in [6.07, 6.45) is 5.03. The number of rotatable bonds is 7. The van der Waals surface area contributed by atoms with Gasteiger partial charge in [0.2, 0.25) is 15.9 Å². The molecule has 1 unspecified atom stereocenters. The second-order valence-electron chi connectivity index (χ2n) is 9.18. The molecular formula is C26H34N2O4S. The second kappa shape index (κ2) is 10.8. The molecule has 6 nitrogen and oxygen atoms in total. The van der Waals surface area contributed by atoms with E-state index in [-0.39, 0.29) is 11.8 Å². The standard InChI is InChI=1S/C26H34N2O4S/c29-25(27-19-15-23(16-20-27)26(30)22-7-3-1-4-8-22)14-11-21-9-12-24(13-10-21)33(31,32)28-17-5-2-6-18-28/h1,3-4,7-10,12-13,23,26,30H,2,5-6,11,14-20H2. The summed E-state index contributed by atoms with van der Waals surface area (Å²) in [5.74, 6) is 0.290. The molecule has 1 atom stereocenters. The first-order chi connectivity index (χ1) is 15.9. The van der Waals surface area contributed by atoms with Crippen LogP contribution in [0.2, 0.25) is 0 Å². The molecule has 0 saturated carbocycles. The van der Waals surface area contributed by atoms with Gasteiger partial charge in [0.1, 0.15) is 0 Å². The monoisotopic (exact) mass is 470 g/mol. The zero-order valence-corrected chi connectivity index (χ0v) is 19.9. The van der Waals surface area contributed by atoms with Crippen molar-refractivity contribution < 1.29 is 18.3 Å². The number of amides is 1. The average molecular weight is 471 g/mol. The molecule has 178 valence electrons. The van der Waals surface area contributed by atoms with Crippen LogP contribution < -0.4 is 0 Å². The van der Waals surface area contributed by atoms with Gasteiger partial charge in [0, 0.05) is 32.6 Å². The van der Waals surface area contributed by atoms with Gasteiger partial charge in [-0.25, -0.2) is 8.42 Å². The van der Waals surface area contributed by atoms with Gasteiger partial charge in [-0.05, 0) is 61.3 Å². The number of hydrogen-bond acceptors (Lipinski definition) is 4. The van der Waals surface area contributed by atoms with Gasteiger partial charge in [0.15, 0.2) is 0 Å². The van der Waals surface area contributed by atoms with Gasteiger partial charge in [-0.2, -0.15) is 4.31 Å². The highest BCUT2D eigenvalue weighted by molar-refractivity contribution is 7.89. The Morgan fingerprint density at radius 3 is 2.18 bits per heavy atom. The van der Waals surface area contributed by atoms with Crippen LogP contribution in [0.5, 0.6) is 0 Å². The maximum absolute atomic E-state index is 12.8. The fraction of sp³-hybridized carbons (Fsp3) is 0.500. The number of benzene rings is 2. The van der Waals surface area contributed by atoms with Crippen LogP contribution in [-0.2, 0) is 21.2 Å². The molecule has 0 spiro atoms. The third-order valence-corrected chi connectivity index (χ3v) is 8.90. The molecule has 2 aliphatic rings. The van der Waals surface area contributed by atoms with Gasteiger partial charge in [0.25, 0.3) is 0 Å². The summed E-state index contributed by atoms with van der Waals surface area (Å²) in [5, 5.41) is 10.6. The van der Waals surface area contributed by atoms with Crippen LogP contribution in [0, 0.1) is 5.92 Å². The van der Waals surface area contributed by atoms with Gasteiger partial charge < -0.3 is 10.0 Å². The lowest BCUT2D eigenvalue weighted by atomic mass is 9.87. The topological polar surface area (TPSA) is 77.9 Å². The smallest absolute Gasteiger partial charge is 0.243 e. The maximum Gasteiger partial charge on any atom is 0.243 e. The van der Waals surface area contributed by atoms with E-state index in [1.54, 1.807) is 16.4 Å². The van der Waals surface area contributed by atoms with Gasteiger partial charge in [-0.3, -0.25) is 4.79 Å². The third kappa shape index (κ3) is 5.83. The van der Waals surface area contributed by atoms with Crippen LogP contribution in [0.15, 0.2) is 59.5 Å². The Kier molecular flexibility index (Phi) is 7.83. The molecule has 2 aliphatic heterocycles. The molecule has 2 saturated heterocycles. The number of piperidine rings is 2. The number of sulfonamides is 1. The van der Waals surface area contributed by atoms with E-state index in [1.807, 2.05) is 47.4 Å². The summed E-state index contributed by atoms with van der Waals surface area (Å²) in [4.78, 5) is 14.9. The molecule has 4 rings (SSSR count). The van der Waals surface area contributed by atoms with Gasteiger partial charge in [-0.1, -0.05) is 48.9 Å². The largest absolute Gasteiger partial charge is 0.388 e. The first-order valence-corrected chi connectivity index (χ1v) is 13.5. The zero-order valence-electron chi connectivity index (χ0n) is 19.1. The SMILES string of the molecule is O=C(CCc1ccc(S(=O)(=O)N2CCCCC2)cc1)N1CCC(C(O)c2ccccc2)CC1. The summed E-state index contributed by atoms with van der Waals surface area (Å²) in [6, 6.07) is 16.7. The number of hydrogen-bond donors (Lipinski definition) is 1. The fourth-order valence-electron chi connectivity index (χ4n) is 4.88. The predicted molar refractivity (Wildman–Crippen MR) is 128 cm³/mol. The van der Waals surface area contributed by atoms with E-state index in [0.717, 1.165) is 43.2 Å². The maximum atomic E-state index is 12.8. The number of carbonyl (C=O) groups is 1. The highest BCUT2D eigenvalue weighted by Crippen LogP contribution is 2.31.